The van der Waals surface area contributed by atoms with Crippen molar-refractivity contribution in [2.75, 3.05) is 33.9 Å². The second-order valence-electron chi connectivity index (χ2n) is 13.9. The molecule has 1 aliphatic heterocycles. The molecule has 0 saturated carbocycles. The van der Waals surface area contributed by atoms with E-state index in [0.29, 0.717) is 26.1 Å². The maximum Gasteiger partial charge on any atom is 0.222 e. The number of methoxy groups -OCH3 is 2. The molecule has 7 nitrogen and oxygen atoms in total. The molecule has 1 heterocycles. The molecular formula is C38H54N2O5Si. The minimum Gasteiger partial charge on any atom is -0.497 e. The molecule has 0 spiro atoms. The molecule has 4 rings (SSSR count). The second-order valence-corrected chi connectivity index (χ2v) is 18.6. The zero-order chi connectivity index (χ0) is 33.4. The van der Waals surface area contributed by atoms with Crippen molar-refractivity contribution in [1.29, 1.82) is 0 Å². The van der Waals surface area contributed by atoms with Gasteiger partial charge in [0.2, 0.25) is 5.91 Å². The Bertz CT molecular complexity index is 1330. The van der Waals surface area contributed by atoms with Crippen LogP contribution in [0.2, 0.25) is 18.1 Å². The molecule has 0 radical (unpaired) electrons. The van der Waals surface area contributed by atoms with Crippen LogP contribution in [0, 0.1) is 0 Å². The molecule has 1 amide bonds. The lowest BCUT2D eigenvalue weighted by molar-refractivity contribution is -0.134. The number of likely N-dealkylation sites (tertiary alicyclic amines) is 1. The molecule has 3 aromatic rings. The van der Waals surface area contributed by atoms with Gasteiger partial charge in [0.15, 0.2) is 8.32 Å². The number of unbranched alkanes of at least 4 members (excludes halogenated alkanes) is 2. The molecule has 2 N–H and O–H groups in total. The van der Waals surface area contributed by atoms with Crippen LogP contribution in [0.1, 0.15) is 69.6 Å². The number of ether oxygens (including phenoxy) is 3. The average Bonchev–Trinajstić information content (AvgIpc) is 3.45. The number of rotatable bonds is 15. The summed E-state index contributed by atoms with van der Waals surface area (Å²) in [5.41, 5.74) is 7.70. The number of carbonyl (C=O) groups is 1. The van der Waals surface area contributed by atoms with Gasteiger partial charge in [-0.15, -0.1) is 0 Å². The number of amides is 1. The van der Waals surface area contributed by atoms with Gasteiger partial charge in [-0.2, -0.15) is 0 Å². The third-order valence-corrected chi connectivity index (χ3v) is 14.3. The molecule has 0 aliphatic carbocycles. The fourth-order valence-corrected chi connectivity index (χ4v) is 7.41. The summed E-state index contributed by atoms with van der Waals surface area (Å²) >= 11 is 0. The highest BCUT2D eigenvalue weighted by molar-refractivity contribution is 6.74. The van der Waals surface area contributed by atoms with Crippen LogP contribution in [0.4, 0.5) is 0 Å². The number of nitrogens with zero attached hydrogens (tertiary/aromatic N) is 1. The summed E-state index contributed by atoms with van der Waals surface area (Å²) < 4.78 is 25.2. The molecule has 0 unspecified atom stereocenters. The molecule has 1 fully saturated rings. The van der Waals surface area contributed by atoms with E-state index in [1.807, 2.05) is 47.4 Å². The Morgan fingerprint density at radius 2 is 1.37 bits per heavy atom. The van der Waals surface area contributed by atoms with Gasteiger partial charge >= 0.3 is 0 Å². The Hall–Kier alpha value is -3.17. The normalized spacial score (nSPS) is 17.3. The molecule has 0 bridgehead atoms. The Morgan fingerprint density at radius 3 is 1.87 bits per heavy atom. The average molecular weight is 647 g/mol. The molecule has 2 atom stereocenters. The lowest BCUT2D eigenvalue weighted by Crippen LogP contribution is -2.45. The largest absolute Gasteiger partial charge is 0.497 e. The summed E-state index contributed by atoms with van der Waals surface area (Å²) in [6, 6.07) is 26.3. The number of benzene rings is 3. The number of nitrogens with two attached hydrogens (primary N) is 1. The van der Waals surface area contributed by atoms with Crippen LogP contribution in [-0.4, -0.2) is 65.2 Å². The van der Waals surface area contributed by atoms with Crippen molar-refractivity contribution in [3.63, 3.8) is 0 Å². The Morgan fingerprint density at radius 1 is 0.826 bits per heavy atom. The summed E-state index contributed by atoms with van der Waals surface area (Å²) in [6.45, 7) is 12.9. The van der Waals surface area contributed by atoms with Gasteiger partial charge in [0.05, 0.1) is 33.0 Å². The highest BCUT2D eigenvalue weighted by Gasteiger charge is 2.45. The van der Waals surface area contributed by atoms with Crippen LogP contribution in [-0.2, 0) is 19.6 Å². The molecule has 0 aromatic heterocycles. The topological polar surface area (TPSA) is 83.2 Å². The van der Waals surface area contributed by atoms with Crippen LogP contribution < -0.4 is 15.2 Å². The van der Waals surface area contributed by atoms with Gasteiger partial charge in [-0.25, -0.2) is 0 Å². The van der Waals surface area contributed by atoms with Crippen LogP contribution >= 0.6 is 0 Å². The summed E-state index contributed by atoms with van der Waals surface area (Å²) in [6.07, 6.45) is 3.92. The van der Waals surface area contributed by atoms with Crippen molar-refractivity contribution in [2.24, 2.45) is 5.73 Å². The highest BCUT2D eigenvalue weighted by Crippen LogP contribution is 2.43. The Balaban J connectivity index is 1.73. The summed E-state index contributed by atoms with van der Waals surface area (Å²) in [7, 11) is 1.29. The number of carbonyl (C=O) groups excluding carboxylic acids is 1. The molecule has 250 valence electrons. The van der Waals surface area contributed by atoms with Crippen molar-refractivity contribution in [1.82, 2.24) is 4.90 Å². The van der Waals surface area contributed by atoms with E-state index in [1.54, 1.807) is 14.2 Å². The Labute approximate surface area is 277 Å². The smallest absolute Gasteiger partial charge is 0.222 e. The third-order valence-electron chi connectivity index (χ3n) is 9.72. The minimum absolute atomic E-state index is 0.0319. The standard InChI is InChI=1S/C38H54N2O5Si/c1-37(2,3)46(6,7)45-35-26-32(40(27-35)36(41)16-12-9-13-25-39)28-44-38(29-14-10-8-11-15-29,30-17-21-33(42-4)22-18-30)31-19-23-34(43-5)24-20-31/h8,10-11,14-15,17-24,32,35H,9,12-13,16,25-28,39H2,1-7H3/t32-,35+/m0/s1. The van der Waals surface area contributed by atoms with Gasteiger partial charge in [-0.3, -0.25) is 4.79 Å². The summed E-state index contributed by atoms with van der Waals surface area (Å²) in [5, 5.41) is 0.0733. The van der Waals surface area contributed by atoms with Crippen LogP contribution in [0.5, 0.6) is 11.5 Å². The fourth-order valence-electron chi connectivity index (χ4n) is 6.05. The van der Waals surface area contributed by atoms with E-state index in [-0.39, 0.29) is 23.1 Å². The summed E-state index contributed by atoms with van der Waals surface area (Å²) in [5.74, 6) is 1.70. The Kier molecular flexibility index (Phi) is 12.1. The molecule has 1 aliphatic rings. The van der Waals surface area contributed by atoms with E-state index in [9.17, 15) is 4.79 Å². The predicted octanol–water partition coefficient (Wildman–Crippen LogP) is 7.52. The van der Waals surface area contributed by atoms with Gasteiger partial charge in [-0.05, 0) is 84.9 Å². The van der Waals surface area contributed by atoms with Crippen LogP contribution in [0.3, 0.4) is 0 Å². The molecule has 1 saturated heterocycles. The summed E-state index contributed by atoms with van der Waals surface area (Å²) in [4.78, 5) is 15.8. The highest BCUT2D eigenvalue weighted by atomic mass is 28.4. The minimum atomic E-state index is -2.05. The number of hydrogen-bond donors (Lipinski definition) is 1. The first-order valence-electron chi connectivity index (χ1n) is 16.6. The van der Waals surface area contributed by atoms with Gasteiger partial charge < -0.3 is 29.3 Å². The van der Waals surface area contributed by atoms with Crippen molar-refractivity contribution in [3.8, 4) is 11.5 Å². The van der Waals surface area contributed by atoms with E-state index >= 15 is 0 Å². The van der Waals surface area contributed by atoms with E-state index in [4.69, 9.17) is 24.4 Å². The van der Waals surface area contributed by atoms with Crippen molar-refractivity contribution in [2.45, 2.75) is 88.8 Å². The van der Waals surface area contributed by atoms with Gasteiger partial charge in [0.1, 0.15) is 17.1 Å². The van der Waals surface area contributed by atoms with Gasteiger partial charge in [0, 0.05) is 13.0 Å². The molecular weight excluding hydrogens is 593 g/mol. The van der Waals surface area contributed by atoms with Crippen molar-refractivity contribution in [3.05, 3.63) is 95.6 Å². The van der Waals surface area contributed by atoms with Crippen LogP contribution in [0.25, 0.3) is 0 Å². The monoisotopic (exact) mass is 646 g/mol. The van der Waals surface area contributed by atoms with E-state index in [1.165, 1.54) is 0 Å². The molecule has 3 aromatic carbocycles. The van der Waals surface area contributed by atoms with E-state index in [2.05, 4.69) is 70.3 Å². The van der Waals surface area contributed by atoms with Gasteiger partial charge in [0.25, 0.3) is 0 Å². The van der Waals surface area contributed by atoms with Crippen LogP contribution in [0.15, 0.2) is 78.9 Å². The maximum absolute atomic E-state index is 13.8. The quantitative estimate of drug-likeness (QED) is 0.104. The fraction of sp³-hybridized carbons (Fsp3) is 0.500. The second kappa shape index (κ2) is 15.6. The molecule has 46 heavy (non-hydrogen) atoms. The zero-order valence-corrected chi connectivity index (χ0v) is 29.9. The van der Waals surface area contributed by atoms with E-state index < -0.39 is 13.9 Å². The lowest BCUT2D eigenvalue weighted by Gasteiger charge is -2.38. The third kappa shape index (κ3) is 8.21. The number of hydrogen-bond acceptors (Lipinski definition) is 6. The first-order valence-corrected chi connectivity index (χ1v) is 19.5. The predicted molar refractivity (Wildman–Crippen MR) is 188 cm³/mol. The van der Waals surface area contributed by atoms with Crippen molar-refractivity contribution < 1.29 is 23.4 Å². The zero-order valence-electron chi connectivity index (χ0n) is 28.9. The lowest BCUT2D eigenvalue weighted by atomic mass is 9.80. The van der Waals surface area contributed by atoms with Gasteiger partial charge in [-0.1, -0.05) is 81.8 Å². The van der Waals surface area contributed by atoms with Crippen molar-refractivity contribution >= 4 is 14.2 Å². The first-order chi connectivity index (χ1) is 21.9. The van der Waals surface area contributed by atoms with E-state index in [0.717, 1.165) is 53.9 Å². The maximum atomic E-state index is 13.8. The molecule has 8 heteroatoms. The SMILES string of the molecule is COc1ccc(C(OC[C@@H]2C[C@@H](O[Si](C)(C)C(C)(C)C)CN2C(=O)CCCCCN)(c2ccccc2)c2ccc(OC)cc2)cc1. The first kappa shape index (κ1) is 35.7.